The highest BCUT2D eigenvalue weighted by atomic mass is 16.5. The summed E-state index contributed by atoms with van der Waals surface area (Å²) in [6, 6.07) is 23.8. The maximum Gasteiger partial charge on any atom is 0.256 e. The highest BCUT2D eigenvalue weighted by Crippen LogP contribution is 2.21. The normalized spacial score (nSPS) is 15.1. The van der Waals surface area contributed by atoms with Crippen LogP contribution in [-0.4, -0.2) is 43.1 Å². The van der Waals surface area contributed by atoms with Gasteiger partial charge >= 0.3 is 0 Å². The number of nitrogens with one attached hydrogen (secondary N) is 1. The molecule has 0 spiro atoms. The topological polar surface area (TPSA) is 67.9 Å². The summed E-state index contributed by atoms with van der Waals surface area (Å²) in [6.45, 7) is 1.78. The van der Waals surface area contributed by atoms with Crippen LogP contribution in [0.25, 0.3) is 0 Å². The Kier molecular flexibility index (Phi) is 7.37. The zero-order chi connectivity index (χ0) is 23.0. The van der Waals surface area contributed by atoms with E-state index in [2.05, 4.69) is 5.32 Å². The lowest BCUT2D eigenvalue weighted by atomic mass is 10.1. The first-order chi connectivity index (χ1) is 16.1. The number of rotatable bonds is 8. The standard InChI is InChI=1S/C27H28N2O4/c1-29(18-20-8-3-2-4-9-20)27(31)24-11-5-6-12-25(24)28-26(30)21-13-15-22(16-14-21)33-19-23-10-7-17-32-23/h2-6,8-9,11-16,23H,7,10,17-19H2,1H3,(H,28,30). The molecule has 33 heavy (non-hydrogen) atoms. The second-order valence-electron chi connectivity index (χ2n) is 8.12. The average molecular weight is 445 g/mol. The van der Waals surface area contributed by atoms with Crippen molar-refractivity contribution >= 4 is 17.5 Å². The number of para-hydroxylation sites is 1. The minimum absolute atomic E-state index is 0.141. The maximum absolute atomic E-state index is 13.1. The van der Waals surface area contributed by atoms with E-state index >= 15 is 0 Å². The van der Waals surface area contributed by atoms with E-state index in [4.69, 9.17) is 9.47 Å². The zero-order valence-corrected chi connectivity index (χ0v) is 18.7. The van der Waals surface area contributed by atoms with Gasteiger partial charge in [-0.2, -0.15) is 0 Å². The zero-order valence-electron chi connectivity index (χ0n) is 18.7. The van der Waals surface area contributed by atoms with Gasteiger partial charge in [-0.1, -0.05) is 42.5 Å². The van der Waals surface area contributed by atoms with Gasteiger partial charge in [0.25, 0.3) is 11.8 Å². The van der Waals surface area contributed by atoms with Crippen molar-refractivity contribution in [2.45, 2.75) is 25.5 Å². The number of amides is 2. The third-order valence-corrected chi connectivity index (χ3v) is 5.59. The molecule has 0 aliphatic carbocycles. The number of hydrogen-bond donors (Lipinski definition) is 1. The molecule has 0 saturated carbocycles. The molecular weight excluding hydrogens is 416 g/mol. The van der Waals surface area contributed by atoms with Gasteiger partial charge in [0.1, 0.15) is 12.4 Å². The molecular formula is C27H28N2O4. The van der Waals surface area contributed by atoms with Crippen LogP contribution in [0, 0.1) is 0 Å². The molecule has 0 aromatic heterocycles. The molecule has 4 rings (SSSR count). The van der Waals surface area contributed by atoms with Crippen LogP contribution in [0.5, 0.6) is 5.75 Å². The van der Waals surface area contributed by atoms with E-state index in [9.17, 15) is 9.59 Å². The van der Waals surface area contributed by atoms with Crippen LogP contribution in [-0.2, 0) is 11.3 Å². The van der Waals surface area contributed by atoms with E-state index < -0.39 is 0 Å². The second-order valence-corrected chi connectivity index (χ2v) is 8.12. The molecule has 1 fully saturated rings. The number of carbonyl (C=O) groups is 2. The fraction of sp³-hybridized carbons (Fsp3) is 0.259. The van der Waals surface area contributed by atoms with E-state index in [0.717, 1.165) is 25.0 Å². The van der Waals surface area contributed by atoms with Gasteiger partial charge in [-0.3, -0.25) is 9.59 Å². The summed E-state index contributed by atoms with van der Waals surface area (Å²) in [5.74, 6) is 0.249. The minimum atomic E-state index is -0.286. The predicted octanol–water partition coefficient (Wildman–Crippen LogP) is 4.77. The molecule has 1 atom stereocenters. The Balaban J connectivity index is 1.39. The Morgan fingerprint density at radius 2 is 1.73 bits per heavy atom. The maximum atomic E-state index is 13.1. The number of anilines is 1. The van der Waals surface area contributed by atoms with Crippen molar-refractivity contribution in [3.8, 4) is 5.75 Å². The first-order valence-corrected chi connectivity index (χ1v) is 11.1. The SMILES string of the molecule is CN(Cc1ccccc1)C(=O)c1ccccc1NC(=O)c1ccc(OCC2CCCO2)cc1. The molecule has 0 radical (unpaired) electrons. The van der Waals surface area contributed by atoms with Gasteiger partial charge in [0.05, 0.1) is 17.4 Å². The van der Waals surface area contributed by atoms with Crippen molar-refractivity contribution in [3.05, 3.63) is 95.6 Å². The summed E-state index contributed by atoms with van der Waals surface area (Å²) in [5, 5.41) is 2.88. The molecule has 6 heteroatoms. The Morgan fingerprint density at radius 1 is 1.00 bits per heavy atom. The highest BCUT2D eigenvalue weighted by molar-refractivity contribution is 6.09. The highest BCUT2D eigenvalue weighted by Gasteiger charge is 2.18. The molecule has 2 amide bonds. The van der Waals surface area contributed by atoms with Gasteiger partial charge in [-0.05, 0) is 54.8 Å². The molecule has 3 aromatic rings. The molecule has 1 saturated heterocycles. The van der Waals surface area contributed by atoms with Crippen LogP contribution < -0.4 is 10.1 Å². The number of nitrogens with zero attached hydrogens (tertiary/aromatic N) is 1. The lowest BCUT2D eigenvalue weighted by molar-refractivity contribution is 0.0679. The molecule has 0 bridgehead atoms. The number of carbonyl (C=O) groups excluding carboxylic acids is 2. The first-order valence-electron chi connectivity index (χ1n) is 11.1. The van der Waals surface area contributed by atoms with Crippen molar-refractivity contribution in [2.24, 2.45) is 0 Å². The van der Waals surface area contributed by atoms with E-state index in [1.54, 1.807) is 60.5 Å². The monoisotopic (exact) mass is 444 g/mol. The summed E-state index contributed by atoms with van der Waals surface area (Å²) in [7, 11) is 1.75. The fourth-order valence-corrected chi connectivity index (χ4v) is 3.78. The van der Waals surface area contributed by atoms with E-state index in [-0.39, 0.29) is 17.9 Å². The Bertz CT molecular complexity index is 1080. The summed E-state index contributed by atoms with van der Waals surface area (Å²) < 4.78 is 11.3. The number of ether oxygens (including phenoxy) is 2. The molecule has 1 aliphatic rings. The van der Waals surface area contributed by atoms with Crippen molar-refractivity contribution in [1.82, 2.24) is 4.90 Å². The summed E-state index contributed by atoms with van der Waals surface area (Å²) in [5.41, 5.74) is 2.45. The lowest BCUT2D eigenvalue weighted by Gasteiger charge is -2.19. The first kappa shape index (κ1) is 22.6. The van der Waals surface area contributed by atoms with E-state index in [0.29, 0.717) is 35.7 Å². The number of hydrogen-bond acceptors (Lipinski definition) is 4. The van der Waals surface area contributed by atoms with Gasteiger partial charge in [-0.25, -0.2) is 0 Å². The van der Waals surface area contributed by atoms with Gasteiger partial charge in [-0.15, -0.1) is 0 Å². The quantitative estimate of drug-likeness (QED) is 0.544. The average Bonchev–Trinajstić information content (AvgIpc) is 3.37. The summed E-state index contributed by atoms with van der Waals surface area (Å²) in [4.78, 5) is 27.5. The Labute approximate surface area is 194 Å². The van der Waals surface area contributed by atoms with Crippen molar-refractivity contribution in [3.63, 3.8) is 0 Å². The van der Waals surface area contributed by atoms with Crippen molar-refractivity contribution < 1.29 is 19.1 Å². The molecule has 1 heterocycles. The van der Waals surface area contributed by atoms with Crippen LogP contribution >= 0.6 is 0 Å². The van der Waals surface area contributed by atoms with Gasteiger partial charge in [0, 0.05) is 25.8 Å². The Morgan fingerprint density at radius 3 is 2.45 bits per heavy atom. The molecule has 6 nitrogen and oxygen atoms in total. The number of benzene rings is 3. The predicted molar refractivity (Wildman–Crippen MR) is 128 cm³/mol. The van der Waals surface area contributed by atoms with Crippen LogP contribution in [0.3, 0.4) is 0 Å². The van der Waals surface area contributed by atoms with Crippen molar-refractivity contribution in [1.29, 1.82) is 0 Å². The molecule has 1 N–H and O–H groups in total. The fourth-order valence-electron chi connectivity index (χ4n) is 3.78. The summed E-state index contributed by atoms with van der Waals surface area (Å²) >= 11 is 0. The molecule has 1 aliphatic heterocycles. The van der Waals surface area contributed by atoms with Crippen LogP contribution in [0.15, 0.2) is 78.9 Å². The van der Waals surface area contributed by atoms with Crippen LogP contribution in [0.4, 0.5) is 5.69 Å². The smallest absolute Gasteiger partial charge is 0.256 e. The third kappa shape index (κ3) is 5.99. The lowest BCUT2D eigenvalue weighted by Crippen LogP contribution is -2.27. The van der Waals surface area contributed by atoms with E-state index in [1.807, 2.05) is 30.3 Å². The summed E-state index contributed by atoms with van der Waals surface area (Å²) in [6.07, 6.45) is 2.22. The Hall–Kier alpha value is -3.64. The van der Waals surface area contributed by atoms with Crippen molar-refractivity contribution in [2.75, 3.05) is 25.6 Å². The molecule has 1 unspecified atom stereocenters. The third-order valence-electron chi connectivity index (χ3n) is 5.59. The van der Waals surface area contributed by atoms with Crippen LogP contribution in [0.2, 0.25) is 0 Å². The van der Waals surface area contributed by atoms with Gasteiger partial charge in [0.15, 0.2) is 0 Å². The van der Waals surface area contributed by atoms with E-state index in [1.165, 1.54) is 0 Å². The molecule has 3 aromatic carbocycles. The van der Waals surface area contributed by atoms with Crippen LogP contribution in [0.1, 0.15) is 39.1 Å². The van der Waals surface area contributed by atoms with Gasteiger partial charge < -0.3 is 19.7 Å². The molecule has 170 valence electrons. The van der Waals surface area contributed by atoms with Gasteiger partial charge in [0.2, 0.25) is 0 Å². The largest absolute Gasteiger partial charge is 0.491 e. The second kappa shape index (κ2) is 10.8. The minimum Gasteiger partial charge on any atom is -0.491 e.